The normalized spacial score (nSPS) is 18.7. The number of carbonyl (C=O) groups is 2. The van der Waals surface area contributed by atoms with Crippen molar-refractivity contribution in [3.8, 4) is 0 Å². The van der Waals surface area contributed by atoms with E-state index in [9.17, 15) is 22.8 Å². The Morgan fingerprint density at radius 3 is 2.34 bits per heavy atom. The van der Waals surface area contributed by atoms with Crippen LogP contribution in [0.1, 0.15) is 29.5 Å². The largest absolute Gasteiger partial charge is 0.416 e. The summed E-state index contributed by atoms with van der Waals surface area (Å²) in [6.45, 7) is 2.33. The van der Waals surface area contributed by atoms with Gasteiger partial charge < -0.3 is 15.1 Å². The molecule has 1 saturated carbocycles. The lowest BCUT2D eigenvalue weighted by atomic mass is 9.93. The van der Waals surface area contributed by atoms with Gasteiger partial charge in [0.15, 0.2) is 0 Å². The maximum Gasteiger partial charge on any atom is 0.416 e. The molecule has 4 rings (SSSR count). The summed E-state index contributed by atoms with van der Waals surface area (Å²) in [6, 6.07) is 8.80. The van der Waals surface area contributed by atoms with E-state index < -0.39 is 23.2 Å². The van der Waals surface area contributed by atoms with Gasteiger partial charge in [0.1, 0.15) is 6.04 Å². The molecule has 1 atom stereocenters. The Kier molecular flexibility index (Phi) is 7.36. The van der Waals surface area contributed by atoms with E-state index in [1.165, 1.54) is 12.1 Å². The zero-order valence-electron chi connectivity index (χ0n) is 19.2. The minimum Gasteiger partial charge on any atom is -0.343 e. The van der Waals surface area contributed by atoms with Crippen molar-refractivity contribution in [3.05, 3.63) is 69.2 Å². The lowest BCUT2D eigenvalue weighted by Crippen LogP contribution is -2.56. The summed E-state index contributed by atoms with van der Waals surface area (Å²) < 4.78 is 39.7. The molecule has 2 aromatic carbocycles. The minimum absolute atomic E-state index is 0.0503. The van der Waals surface area contributed by atoms with E-state index in [1.54, 1.807) is 23.1 Å². The first-order chi connectivity index (χ1) is 16.5. The Morgan fingerprint density at radius 2 is 1.74 bits per heavy atom. The van der Waals surface area contributed by atoms with Crippen molar-refractivity contribution in [2.75, 3.05) is 33.2 Å². The van der Waals surface area contributed by atoms with Crippen LogP contribution in [0.3, 0.4) is 0 Å². The van der Waals surface area contributed by atoms with Gasteiger partial charge in [0.25, 0.3) is 0 Å². The molecule has 35 heavy (non-hydrogen) atoms. The number of likely N-dealkylation sites (N-methyl/N-ethyl adjacent to an activating group) is 1. The molecule has 1 heterocycles. The van der Waals surface area contributed by atoms with Crippen LogP contribution in [0, 0.1) is 0 Å². The molecule has 2 aliphatic rings. The van der Waals surface area contributed by atoms with Crippen LogP contribution in [-0.4, -0.2) is 60.9 Å². The van der Waals surface area contributed by atoms with Crippen molar-refractivity contribution in [2.45, 2.75) is 36.9 Å². The first kappa shape index (κ1) is 25.8. The molecule has 0 spiro atoms. The highest BCUT2D eigenvalue weighted by Gasteiger charge is 2.53. The molecule has 5 nitrogen and oxygen atoms in total. The molecular formula is C25H26Cl2F3N3O2. The van der Waals surface area contributed by atoms with Crippen LogP contribution >= 0.6 is 23.2 Å². The number of hydrogen-bond acceptors (Lipinski definition) is 3. The predicted molar refractivity (Wildman–Crippen MR) is 129 cm³/mol. The summed E-state index contributed by atoms with van der Waals surface area (Å²) in [5, 5.41) is 3.67. The molecule has 1 aliphatic heterocycles. The van der Waals surface area contributed by atoms with Gasteiger partial charge in [-0.2, -0.15) is 13.2 Å². The summed E-state index contributed by atoms with van der Waals surface area (Å²) in [6.07, 6.45) is -3.44. The van der Waals surface area contributed by atoms with Gasteiger partial charge >= 0.3 is 6.18 Å². The molecule has 2 amide bonds. The Hall–Kier alpha value is -2.29. The van der Waals surface area contributed by atoms with Crippen molar-refractivity contribution in [2.24, 2.45) is 0 Å². The highest BCUT2D eigenvalue weighted by atomic mass is 35.5. The summed E-state index contributed by atoms with van der Waals surface area (Å²) in [4.78, 5) is 30.7. The summed E-state index contributed by atoms with van der Waals surface area (Å²) in [5.41, 5.74) is -0.720. The van der Waals surface area contributed by atoms with Crippen molar-refractivity contribution in [1.82, 2.24) is 15.1 Å². The molecule has 2 fully saturated rings. The van der Waals surface area contributed by atoms with E-state index in [2.05, 4.69) is 10.2 Å². The molecule has 188 valence electrons. The number of hydrogen-bond donors (Lipinski definition) is 1. The zero-order chi connectivity index (χ0) is 25.4. The van der Waals surface area contributed by atoms with Gasteiger partial charge in [-0.05, 0) is 49.2 Å². The van der Waals surface area contributed by atoms with Gasteiger partial charge in [-0.3, -0.25) is 9.59 Å². The van der Waals surface area contributed by atoms with Crippen LogP contribution in [0.25, 0.3) is 0 Å². The van der Waals surface area contributed by atoms with Crippen LogP contribution in [0.5, 0.6) is 0 Å². The Balaban J connectivity index is 1.59. The van der Waals surface area contributed by atoms with E-state index in [0.717, 1.165) is 12.1 Å². The summed E-state index contributed by atoms with van der Waals surface area (Å²) in [7, 11) is 1.95. The minimum atomic E-state index is -4.50. The van der Waals surface area contributed by atoms with Gasteiger partial charge in [0.05, 0.1) is 11.0 Å². The van der Waals surface area contributed by atoms with Crippen LogP contribution in [0.4, 0.5) is 13.2 Å². The van der Waals surface area contributed by atoms with E-state index in [4.69, 9.17) is 23.2 Å². The van der Waals surface area contributed by atoms with Crippen molar-refractivity contribution in [3.63, 3.8) is 0 Å². The second kappa shape index (κ2) is 9.99. The maximum absolute atomic E-state index is 13.5. The van der Waals surface area contributed by atoms with Gasteiger partial charge in [-0.25, -0.2) is 0 Å². The third-order valence-electron chi connectivity index (χ3n) is 6.74. The summed E-state index contributed by atoms with van der Waals surface area (Å²) in [5.74, 6) is -0.664. The van der Waals surface area contributed by atoms with Crippen molar-refractivity contribution >= 4 is 35.0 Å². The number of benzene rings is 2. The van der Waals surface area contributed by atoms with Crippen molar-refractivity contribution < 1.29 is 22.8 Å². The smallest absolute Gasteiger partial charge is 0.343 e. The molecule has 0 bridgehead atoms. The fraction of sp³-hybridized carbons (Fsp3) is 0.440. The van der Waals surface area contributed by atoms with E-state index in [-0.39, 0.29) is 18.2 Å². The maximum atomic E-state index is 13.5. The number of rotatable bonds is 6. The number of nitrogens with zero attached hydrogens (tertiary/aromatic N) is 2. The molecule has 2 aromatic rings. The van der Waals surface area contributed by atoms with E-state index in [1.807, 2.05) is 7.05 Å². The van der Waals surface area contributed by atoms with Crippen molar-refractivity contribution in [1.29, 1.82) is 0 Å². The molecule has 1 N–H and O–H groups in total. The molecule has 0 radical (unpaired) electrons. The first-order valence-electron chi connectivity index (χ1n) is 11.4. The molecule has 0 aromatic heterocycles. The van der Waals surface area contributed by atoms with Crippen LogP contribution in [0.15, 0.2) is 42.5 Å². The lowest BCUT2D eigenvalue weighted by Gasteiger charge is -2.35. The van der Waals surface area contributed by atoms with Crippen LogP contribution in [-0.2, 0) is 27.6 Å². The highest BCUT2D eigenvalue weighted by molar-refractivity contribution is 6.35. The number of halogens is 5. The zero-order valence-corrected chi connectivity index (χ0v) is 20.7. The number of amides is 2. The van der Waals surface area contributed by atoms with Crippen LogP contribution < -0.4 is 5.32 Å². The quantitative estimate of drug-likeness (QED) is 0.599. The average molecular weight is 528 g/mol. The van der Waals surface area contributed by atoms with E-state index in [0.29, 0.717) is 60.2 Å². The fourth-order valence-corrected chi connectivity index (χ4v) is 5.06. The third-order valence-corrected chi connectivity index (χ3v) is 7.29. The Morgan fingerprint density at radius 1 is 1.06 bits per heavy atom. The standard InChI is InChI=1S/C25H26Cl2F3N3O2/c1-32-9-11-33(12-10-32)22(34)21(14-16-3-2-4-17(13-16)25(28,29)30)31-23(35)24(7-8-24)19-6-5-18(26)15-20(19)27/h2-6,13,15,21H,7-12,14H2,1H3,(H,31,35). The number of piperazine rings is 1. The van der Waals surface area contributed by atoms with Gasteiger partial charge in [0, 0.05) is 42.6 Å². The highest BCUT2D eigenvalue weighted by Crippen LogP contribution is 2.51. The Bertz CT molecular complexity index is 1110. The van der Waals surface area contributed by atoms with Gasteiger partial charge in [0.2, 0.25) is 11.8 Å². The Labute approximate surface area is 212 Å². The SMILES string of the molecule is CN1CCN(C(=O)C(Cc2cccc(C(F)(F)F)c2)NC(=O)C2(c3ccc(Cl)cc3Cl)CC2)CC1. The summed E-state index contributed by atoms with van der Waals surface area (Å²) >= 11 is 12.4. The number of nitrogens with one attached hydrogen (secondary N) is 1. The number of alkyl halides is 3. The topological polar surface area (TPSA) is 52.6 Å². The fourth-order valence-electron chi connectivity index (χ4n) is 4.48. The molecule has 10 heteroatoms. The van der Waals surface area contributed by atoms with Crippen LogP contribution in [0.2, 0.25) is 10.0 Å². The van der Waals surface area contributed by atoms with E-state index >= 15 is 0 Å². The second-order valence-electron chi connectivity index (χ2n) is 9.26. The molecule has 1 unspecified atom stereocenters. The number of carbonyl (C=O) groups excluding carboxylic acids is 2. The second-order valence-corrected chi connectivity index (χ2v) is 10.1. The monoisotopic (exact) mass is 527 g/mol. The molecule has 1 aliphatic carbocycles. The predicted octanol–water partition coefficient (Wildman–Crippen LogP) is 4.55. The third kappa shape index (κ3) is 5.76. The van der Waals surface area contributed by atoms with Gasteiger partial charge in [-0.1, -0.05) is 47.5 Å². The molecule has 1 saturated heterocycles. The average Bonchev–Trinajstić information content (AvgIpc) is 3.60. The van der Waals surface area contributed by atoms with Gasteiger partial charge in [-0.15, -0.1) is 0 Å². The molecular weight excluding hydrogens is 502 g/mol. The lowest BCUT2D eigenvalue weighted by molar-refractivity contribution is -0.138. The first-order valence-corrected chi connectivity index (χ1v) is 12.2.